The second-order valence-corrected chi connectivity index (χ2v) is 4.85. The Morgan fingerprint density at radius 2 is 0.875 bits per heavy atom. The van der Waals surface area contributed by atoms with Crippen LogP contribution in [0.2, 0.25) is 0 Å². The standard InChI is InChI=1S/C10H22N6/c1-13-5-6-14(2)9(13)11-12-10-15(3)7-8-16(10)4/h9-10H,5-8H2,1-4H3/b12-11+. The molecule has 0 radical (unpaired) electrons. The lowest BCUT2D eigenvalue weighted by Gasteiger charge is -2.22. The lowest BCUT2D eigenvalue weighted by atomic mass is 10.6. The Hall–Kier alpha value is -0.560. The van der Waals surface area contributed by atoms with Crippen molar-refractivity contribution in [1.82, 2.24) is 19.6 Å². The van der Waals surface area contributed by atoms with E-state index in [4.69, 9.17) is 0 Å². The summed E-state index contributed by atoms with van der Waals surface area (Å²) < 4.78 is 0. The van der Waals surface area contributed by atoms with Gasteiger partial charge in [-0.3, -0.25) is 19.6 Å². The molecule has 2 aliphatic heterocycles. The first-order chi connectivity index (χ1) is 7.59. The molecule has 6 heteroatoms. The summed E-state index contributed by atoms with van der Waals surface area (Å²) in [6, 6.07) is 0. The first-order valence-electron chi connectivity index (χ1n) is 5.80. The zero-order valence-corrected chi connectivity index (χ0v) is 10.7. The summed E-state index contributed by atoms with van der Waals surface area (Å²) in [5.41, 5.74) is 0. The van der Waals surface area contributed by atoms with Crippen LogP contribution in [0, 0.1) is 0 Å². The molecule has 0 amide bonds. The second kappa shape index (κ2) is 4.75. The van der Waals surface area contributed by atoms with Gasteiger partial charge in [0, 0.05) is 26.2 Å². The van der Waals surface area contributed by atoms with Gasteiger partial charge in [0.1, 0.15) is 0 Å². The van der Waals surface area contributed by atoms with Crippen molar-refractivity contribution in [2.75, 3.05) is 54.4 Å². The van der Waals surface area contributed by atoms with Gasteiger partial charge in [-0.05, 0) is 28.2 Å². The molecule has 6 nitrogen and oxygen atoms in total. The third kappa shape index (κ3) is 2.24. The van der Waals surface area contributed by atoms with E-state index in [-0.39, 0.29) is 12.6 Å². The highest BCUT2D eigenvalue weighted by molar-refractivity contribution is 4.77. The van der Waals surface area contributed by atoms with E-state index in [9.17, 15) is 0 Å². The predicted molar refractivity (Wildman–Crippen MR) is 63.0 cm³/mol. The molecule has 2 fully saturated rings. The van der Waals surface area contributed by atoms with E-state index < -0.39 is 0 Å². The second-order valence-electron chi connectivity index (χ2n) is 4.85. The van der Waals surface area contributed by atoms with Crippen molar-refractivity contribution in [2.45, 2.75) is 12.6 Å². The highest BCUT2D eigenvalue weighted by atomic mass is 15.6. The summed E-state index contributed by atoms with van der Waals surface area (Å²) in [5.74, 6) is 0. The van der Waals surface area contributed by atoms with Gasteiger partial charge in [0.05, 0.1) is 0 Å². The molecule has 0 aromatic rings. The average Bonchev–Trinajstić information content (AvgIpc) is 2.72. The Balaban J connectivity index is 1.97. The van der Waals surface area contributed by atoms with Crippen LogP contribution in [0.1, 0.15) is 0 Å². The number of hydrogen-bond acceptors (Lipinski definition) is 6. The molecule has 2 heterocycles. The molecule has 0 aliphatic carbocycles. The topological polar surface area (TPSA) is 37.7 Å². The molecule has 0 aromatic carbocycles. The molecule has 2 saturated heterocycles. The maximum absolute atomic E-state index is 4.46. The molecule has 0 spiro atoms. The van der Waals surface area contributed by atoms with Gasteiger partial charge < -0.3 is 0 Å². The zero-order chi connectivity index (χ0) is 11.7. The van der Waals surface area contributed by atoms with Crippen LogP contribution in [-0.2, 0) is 0 Å². The SMILES string of the molecule is CN1CCN(C)C1/N=N/C1N(C)CCN1C. The number of rotatable bonds is 2. The zero-order valence-electron chi connectivity index (χ0n) is 10.7. The molecular weight excluding hydrogens is 204 g/mol. The minimum atomic E-state index is 0.113. The van der Waals surface area contributed by atoms with Crippen LogP contribution in [0.4, 0.5) is 0 Å². The fraction of sp³-hybridized carbons (Fsp3) is 1.00. The van der Waals surface area contributed by atoms with E-state index in [2.05, 4.69) is 58.0 Å². The summed E-state index contributed by atoms with van der Waals surface area (Å²) >= 11 is 0. The minimum Gasteiger partial charge on any atom is -0.270 e. The summed E-state index contributed by atoms with van der Waals surface area (Å²) in [4.78, 5) is 8.88. The Morgan fingerprint density at radius 1 is 0.625 bits per heavy atom. The third-order valence-electron chi connectivity index (χ3n) is 3.46. The molecule has 0 unspecified atom stereocenters. The Kier molecular flexibility index (Phi) is 3.53. The van der Waals surface area contributed by atoms with Crippen LogP contribution < -0.4 is 0 Å². The Morgan fingerprint density at radius 3 is 1.12 bits per heavy atom. The largest absolute Gasteiger partial charge is 0.270 e. The van der Waals surface area contributed by atoms with Crippen molar-refractivity contribution in [3.63, 3.8) is 0 Å². The van der Waals surface area contributed by atoms with E-state index in [1.807, 2.05) is 0 Å². The molecule has 2 aliphatic rings. The number of nitrogens with zero attached hydrogens (tertiary/aromatic N) is 6. The monoisotopic (exact) mass is 226 g/mol. The lowest BCUT2D eigenvalue weighted by Crippen LogP contribution is -2.35. The van der Waals surface area contributed by atoms with Crippen molar-refractivity contribution in [1.29, 1.82) is 0 Å². The number of azo groups is 1. The van der Waals surface area contributed by atoms with E-state index in [1.54, 1.807) is 0 Å². The summed E-state index contributed by atoms with van der Waals surface area (Å²) in [7, 11) is 8.37. The summed E-state index contributed by atoms with van der Waals surface area (Å²) in [5, 5.41) is 8.92. The highest BCUT2D eigenvalue weighted by Gasteiger charge is 2.29. The molecule has 92 valence electrons. The molecule has 0 bridgehead atoms. The van der Waals surface area contributed by atoms with Crippen LogP contribution in [-0.4, -0.2) is 86.5 Å². The molecular formula is C10H22N6. The van der Waals surface area contributed by atoms with E-state index in [0.29, 0.717) is 0 Å². The predicted octanol–water partition coefficient (Wildman–Crippen LogP) is -0.240. The Bertz CT molecular complexity index is 222. The van der Waals surface area contributed by atoms with Gasteiger partial charge in [-0.15, -0.1) is 0 Å². The van der Waals surface area contributed by atoms with Crippen molar-refractivity contribution in [2.24, 2.45) is 10.2 Å². The number of hydrogen-bond donors (Lipinski definition) is 0. The molecule has 2 rings (SSSR count). The van der Waals surface area contributed by atoms with Gasteiger partial charge in [0.25, 0.3) is 0 Å². The highest BCUT2D eigenvalue weighted by Crippen LogP contribution is 2.15. The molecule has 0 saturated carbocycles. The fourth-order valence-electron chi connectivity index (χ4n) is 2.24. The molecule has 0 aromatic heterocycles. The molecule has 16 heavy (non-hydrogen) atoms. The van der Waals surface area contributed by atoms with Gasteiger partial charge in [0.15, 0.2) is 12.6 Å². The fourth-order valence-corrected chi connectivity index (χ4v) is 2.24. The maximum Gasteiger partial charge on any atom is 0.178 e. The molecule has 0 N–H and O–H groups in total. The third-order valence-corrected chi connectivity index (χ3v) is 3.46. The van der Waals surface area contributed by atoms with E-state index in [1.165, 1.54) is 0 Å². The van der Waals surface area contributed by atoms with Crippen molar-refractivity contribution >= 4 is 0 Å². The van der Waals surface area contributed by atoms with Crippen LogP contribution >= 0.6 is 0 Å². The summed E-state index contributed by atoms with van der Waals surface area (Å²) in [6.07, 6.45) is 0.227. The van der Waals surface area contributed by atoms with Gasteiger partial charge >= 0.3 is 0 Å². The van der Waals surface area contributed by atoms with Crippen LogP contribution in [0.3, 0.4) is 0 Å². The van der Waals surface area contributed by atoms with E-state index in [0.717, 1.165) is 26.2 Å². The normalized spacial score (nSPS) is 29.0. The maximum atomic E-state index is 4.46. The smallest absolute Gasteiger partial charge is 0.178 e. The van der Waals surface area contributed by atoms with Crippen LogP contribution in [0.15, 0.2) is 10.2 Å². The summed E-state index contributed by atoms with van der Waals surface area (Å²) in [6.45, 7) is 4.26. The van der Waals surface area contributed by atoms with Crippen molar-refractivity contribution in [3.8, 4) is 0 Å². The quantitative estimate of drug-likeness (QED) is 0.609. The van der Waals surface area contributed by atoms with Crippen molar-refractivity contribution in [3.05, 3.63) is 0 Å². The minimum absolute atomic E-state index is 0.113. The van der Waals surface area contributed by atoms with Gasteiger partial charge in [-0.25, -0.2) is 0 Å². The van der Waals surface area contributed by atoms with Gasteiger partial charge in [0.2, 0.25) is 0 Å². The average molecular weight is 226 g/mol. The first-order valence-corrected chi connectivity index (χ1v) is 5.80. The van der Waals surface area contributed by atoms with E-state index >= 15 is 0 Å². The van der Waals surface area contributed by atoms with Gasteiger partial charge in [-0.2, -0.15) is 10.2 Å². The van der Waals surface area contributed by atoms with Crippen LogP contribution in [0.25, 0.3) is 0 Å². The number of likely N-dealkylation sites (N-methyl/N-ethyl adjacent to an activating group) is 4. The van der Waals surface area contributed by atoms with Crippen molar-refractivity contribution < 1.29 is 0 Å². The lowest BCUT2D eigenvalue weighted by molar-refractivity contribution is 0.150. The van der Waals surface area contributed by atoms with Crippen LogP contribution in [0.5, 0.6) is 0 Å². The first kappa shape index (κ1) is 11.9. The molecule has 0 atom stereocenters. The van der Waals surface area contributed by atoms with Gasteiger partial charge in [-0.1, -0.05) is 0 Å². The Labute approximate surface area is 97.5 Å².